The molecule has 0 saturated heterocycles. The van der Waals surface area contributed by atoms with Crippen LogP contribution in [0.25, 0.3) is 0 Å². The van der Waals surface area contributed by atoms with E-state index < -0.39 is 0 Å². The number of nitrogens with zero attached hydrogens (tertiary/aromatic N) is 1. The standard InChI is InChI=1S/C27H29NO2/c1-19-11-16-24-23(17-19)27(4,21-9-7-6-8-10-21)18-26(2,3)28(24)25(29)20-12-14-22(30-5)15-13-20/h6-17H,18H2,1-5H3. The summed E-state index contributed by atoms with van der Waals surface area (Å²) in [4.78, 5) is 15.7. The summed E-state index contributed by atoms with van der Waals surface area (Å²) in [5.41, 5.74) is 4.80. The monoisotopic (exact) mass is 399 g/mol. The molecule has 1 heterocycles. The van der Waals surface area contributed by atoms with E-state index in [1.807, 2.05) is 29.2 Å². The molecule has 1 aliphatic rings. The summed E-state index contributed by atoms with van der Waals surface area (Å²) in [5.74, 6) is 0.764. The average molecular weight is 400 g/mol. The minimum atomic E-state index is -0.357. The van der Waals surface area contributed by atoms with E-state index in [0.29, 0.717) is 5.56 Å². The maximum Gasteiger partial charge on any atom is 0.258 e. The number of hydrogen-bond donors (Lipinski definition) is 0. The van der Waals surface area contributed by atoms with Gasteiger partial charge >= 0.3 is 0 Å². The Morgan fingerprint density at radius 2 is 1.60 bits per heavy atom. The van der Waals surface area contributed by atoms with Crippen molar-refractivity contribution in [2.45, 2.75) is 45.1 Å². The predicted octanol–water partition coefficient (Wildman–Crippen LogP) is 6.14. The lowest BCUT2D eigenvalue weighted by Crippen LogP contribution is -2.55. The number of carbonyl (C=O) groups is 1. The van der Waals surface area contributed by atoms with Gasteiger partial charge in [-0.3, -0.25) is 4.79 Å². The Morgan fingerprint density at radius 1 is 0.933 bits per heavy atom. The molecule has 3 aromatic rings. The number of rotatable bonds is 3. The van der Waals surface area contributed by atoms with Gasteiger partial charge in [0, 0.05) is 22.2 Å². The molecule has 30 heavy (non-hydrogen) atoms. The van der Waals surface area contributed by atoms with Crippen molar-refractivity contribution in [3.63, 3.8) is 0 Å². The average Bonchev–Trinajstić information content (AvgIpc) is 2.74. The first-order chi connectivity index (χ1) is 14.3. The van der Waals surface area contributed by atoms with E-state index in [4.69, 9.17) is 4.74 Å². The molecule has 3 heteroatoms. The topological polar surface area (TPSA) is 29.5 Å². The minimum absolute atomic E-state index is 0.0165. The second-order valence-corrected chi connectivity index (χ2v) is 9.08. The Balaban J connectivity index is 1.88. The van der Waals surface area contributed by atoms with Crippen molar-refractivity contribution in [1.82, 2.24) is 0 Å². The van der Waals surface area contributed by atoms with Gasteiger partial charge in [0.05, 0.1) is 7.11 Å². The molecule has 0 spiro atoms. The Morgan fingerprint density at radius 3 is 2.23 bits per heavy atom. The SMILES string of the molecule is COc1ccc(C(=O)N2c3ccc(C)cc3C(C)(c3ccccc3)CC2(C)C)cc1. The third kappa shape index (κ3) is 3.28. The van der Waals surface area contributed by atoms with Crippen LogP contribution in [0.1, 0.15) is 54.2 Å². The van der Waals surface area contributed by atoms with Gasteiger partial charge in [-0.05, 0) is 68.7 Å². The molecule has 4 rings (SSSR count). The van der Waals surface area contributed by atoms with Crippen LogP contribution in [-0.4, -0.2) is 18.6 Å². The smallest absolute Gasteiger partial charge is 0.258 e. The van der Waals surface area contributed by atoms with Crippen LogP contribution in [0.4, 0.5) is 5.69 Å². The number of carbonyl (C=O) groups excluding carboxylic acids is 1. The maximum atomic E-state index is 13.7. The summed E-state index contributed by atoms with van der Waals surface area (Å²) in [5, 5.41) is 0. The van der Waals surface area contributed by atoms with Crippen molar-refractivity contribution < 1.29 is 9.53 Å². The largest absolute Gasteiger partial charge is 0.497 e. The summed E-state index contributed by atoms with van der Waals surface area (Å²) in [7, 11) is 1.63. The highest BCUT2D eigenvalue weighted by molar-refractivity contribution is 6.08. The van der Waals surface area contributed by atoms with E-state index in [9.17, 15) is 4.79 Å². The Hall–Kier alpha value is -3.07. The zero-order valence-electron chi connectivity index (χ0n) is 18.4. The van der Waals surface area contributed by atoms with Crippen molar-refractivity contribution in [2.75, 3.05) is 12.0 Å². The second kappa shape index (κ2) is 7.32. The number of ether oxygens (including phenoxy) is 1. The van der Waals surface area contributed by atoms with Gasteiger partial charge in [-0.15, -0.1) is 0 Å². The van der Waals surface area contributed by atoms with Gasteiger partial charge in [0.25, 0.3) is 5.91 Å². The molecule has 0 N–H and O–H groups in total. The number of anilines is 1. The maximum absolute atomic E-state index is 13.7. The van der Waals surface area contributed by atoms with Crippen molar-refractivity contribution in [3.05, 3.63) is 95.1 Å². The molecule has 154 valence electrons. The zero-order valence-corrected chi connectivity index (χ0v) is 18.4. The van der Waals surface area contributed by atoms with Crippen LogP contribution >= 0.6 is 0 Å². The highest BCUT2D eigenvalue weighted by atomic mass is 16.5. The number of benzene rings is 3. The van der Waals surface area contributed by atoms with Gasteiger partial charge in [0.1, 0.15) is 5.75 Å². The molecule has 0 aliphatic carbocycles. The Labute approximate surface area is 179 Å². The number of hydrogen-bond acceptors (Lipinski definition) is 2. The lowest BCUT2D eigenvalue weighted by atomic mass is 9.65. The fourth-order valence-corrected chi connectivity index (χ4v) is 4.96. The van der Waals surface area contributed by atoms with Gasteiger partial charge in [-0.1, -0.05) is 55.0 Å². The molecule has 0 fully saturated rings. The summed E-state index contributed by atoms with van der Waals surface area (Å²) in [6.45, 7) is 8.75. The van der Waals surface area contributed by atoms with Gasteiger partial charge < -0.3 is 9.64 Å². The first-order valence-corrected chi connectivity index (χ1v) is 10.4. The van der Waals surface area contributed by atoms with Crippen LogP contribution in [0.5, 0.6) is 5.75 Å². The van der Waals surface area contributed by atoms with Crippen LogP contribution in [0.15, 0.2) is 72.8 Å². The van der Waals surface area contributed by atoms with Gasteiger partial charge in [0.2, 0.25) is 0 Å². The van der Waals surface area contributed by atoms with E-state index in [1.165, 1.54) is 16.7 Å². The number of aryl methyl sites for hydroxylation is 1. The number of methoxy groups -OCH3 is 1. The van der Waals surface area contributed by atoms with Crippen LogP contribution in [0.2, 0.25) is 0 Å². The van der Waals surface area contributed by atoms with Gasteiger partial charge in [-0.25, -0.2) is 0 Å². The molecular weight excluding hydrogens is 370 g/mol. The highest BCUT2D eigenvalue weighted by Gasteiger charge is 2.47. The fourth-order valence-electron chi connectivity index (χ4n) is 4.96. The lowest BCUT2D eigenvalue weighted by Gasteiger charge is -2.51. The highest BCUT2D eigenvalue weighted by Crippen LogP contribution is 2.51. The van der Waals surface area contributed by atoms with Crippen molar-refractivity contribution in [1.29, 1.82) is 0 Å². The fraction of sp³-hybridized carbons (Fsp3) is 0.296. The van der Waals surface area contributed by atoms with Crippen molar-refractivity contribution in [2.24, 2.45) is 0 Å². The Kier molecular flexibility index (Phi) is 4.93. The quantitative estimate of drug-likeness (QED) is 0.529. The van der Waals surface area contributed by atoms with Crippen LogP contribution < -0.4 is 9.64 Å². The van der Waals surface area contributed by atoms with Crippen LogP contribution in [0.3, 0.4) is 0 Å². The van der Waals surface area contributed by atoms with E-state index in [-0.39, 0.29) is 16.9 Å². The van der Waals surface area contributed by atoms with Crippen LogP contribution in [0, 0.1) is 6.92 Å². The third-order valence-electron chi connectivity index (χ3n) is 6.33. The normalized spacial score (nSPS) is 19.8. The molecule has 0 saturated carbocycles. The minimum Gasteiger partial charge on any atom is -0.497 e. The lowest BCUT2D eigenvalue weighted by molar-refractivity contribution is 0.0948. The van der Waals surface area contributed by atoms with E-state index in [0.717, 1.165) is 17.9 Å². The molecule has 0 bridgehead atoms. The molecule has 1 aliphatic heterocycles. The second-order valence-electron chi connectivity index (χ2n) is 9.08. The number of fused-ring (bicyclic) bond motifs is 1. The predicted molar refractivity (Wildman–Crippen MR) is 123 cm³/mol. The van der Waals surface area contributed by atoms with Crippen molar-refractivity contribution >= 4 is 11.6 Å². The van der Waals surface area contributed by atoms with Crippen LogP contribution in [-0.2, 0) is 5.41 Å². The first kappa shape index (κ1) is 20.2. The summed E-state index contributed by atoms with van der Waals surface area (Å²) < 4.78 is 5.26. The molecule has 0 radical (unpaired) electrons. The third-order valence-corrected chi connectivity index (χ3v) is 6.33. The zero-order chi connectivity index (χ0) is 21.5. The molecule has 1 unspecified atom stereocenters. The molecular formula is C27H29NO2. The first-order valence-electron chi connectivity index (χ1n) is 10.4. The molecule has 3 nitrogen and oxygen atoms in total. The summed E-state index contributed by atoms with van der Waals surface area (Å²) in [6, 6.07) is 24.5. The summed E-state index contributed by atoms with van der Waals surface area (Å²) in [6.07, 6.45) is 0.836. The molecule has 3 aromatic carbocycles. The molecule has 0 aromatic heterocycles. The van der Waals surface area contributed by atoms with Gasteiger partial charge in [-0.2, -0.15) is 0 Å². The summed E-state index contributed by atoms with van der Waals surface area (Å²) >= 11 is 0. The van der Waals surface area contributed by atoms with E-state index >= 15 is 0 Å². The van der Waals surface area contributed by atoms with Crippen molar-refractivity contribution in [3.8, 4) is 5.75 Å². The van der Waals surface area contributed by atoms with Gasteiger partial charge in [0.15, 0.2) is 0 Å². The number of amides is 1. The molecule has 1 atom stereocenters. The van der Waals surface area contributed by atoms with E-state index in [1.54, 1.807) is 7.11 Å². The van der Waals surface area contributed by atoms with E-state index in [2.05, 4.69) is 76.2 Å². The molecule has 1 amide bonds. The Bertz CT molecular complexity index is 1070.